The van der Waals surface area contributed by atoms with Gasteiger partial charge in [-0.05, 0) is 41.6 Å². The predicted octanol–water partition coefficient (Wildman–Crippen LogP) is 3.20. The van der Waals surface area contributed by atoms with Crippen molar-refractivity contribution in [1.29, 1.82) is 0 Å². The molecule has 0 spiro atoms. The Morgan fingerprint density at radius 3 is 2.70 bits per heavy atom. The van der Waals surface area contributed by atoms with Crippen LogP contribution in [-0.4, -0.2) is 30.7 Å². The summed E-state index contributed by atoms with van der Waals surface area (Å²) < 4.78 is 11.6. The minimum atomic E-state index is 0.626. The fraction of sp³-hybridized carbons (Fsp3) is 0.286. The van der Waals surface area contributed by atoms with Crippen LogP contribution in [0.2, 0.25) is 0 Å². The van der Waals surface area contributed by atoms with E-state index in [1.807, 2.05) is 25.1 Å². The molecule has 0 unspecified atom stereocenters. The van der Waals surface area contributed by atoms with Gasteiger partial charge >= 0.3 is 0 Å². The number of anilines is 1. The second-order valence-electron chi connectivity index (χ2n) is 3.99. The molecule has 0 aliphatic rings. The summed E-state index contributed by atoms with van der Waals surface area (Å²) >= 11 is 2.21. The summed E-state index contributed by atoms with van der Waals surface area (Å²) in [7, 11) is 3.25. The van der Waals surface area contributed by atoms with Gasteiger partial charge in [-0.3, -0.25) is 0 Å². The topological polar surface area (TPSA) is 56.3 Å². The van der Waals surface area contributed by atoms with Gasteiger partial charge in [0.2, 0.25) is 0 Å². The molecule has 0 radical (unpaired) electrons. The number of methoxy groups -OCH3 is 2. The molecule has 1 aromatic carbocycles. The minimum absolute atomic E-state index is 0.626. The Labute approximate surface area is 131 Å². The van der Waals surface area contributed by atoms with E-state index in [0.29, 0.717) is 11.6 Å². The van der Waals surface area contributed by atoms with Crippen LogP contribution in [0.15, 0.2) is 24.4 Å². The SMILES string of the molecule is CCNc1nc(-c2ccc(OC)cc2OC)ncc1I. The third-order valence-corrected chi connectivity index (χ3v) is 3.53. The molecule has 0 amide bonds. The van der Waals surface area contributed by atoms with Gasteiger partial charge in [-0.25, -0.2) is 9.97 Å². The van der Waals surface area contributed by atoms with Crippen LogP contribution in [0.4, 0.5) is 5.82 Å². The minimum Gasteiger partial charge on any atom is -0.497 e. The summed E-state index contributed by atoms with van der Waals surface area (Å²) in [5.41, 5.74) is 0.837. The van der Waals surface area contributed by atoms with E-state index < -0.39 is 0 Å². The molecule has 20 heavy (non-hydrogen) atoms. The zero-order valence-electron chi connectivity index (χ0n) is 11.6. The monoisotopic (exact) mass is 385 g/mol. The molecular weight excluding hydrogens is 369 g/mol. The predicted molar refractivity (Wildman–Crippen MR) is 87.5 cm³/mol. The van der Waals surface area contributed by atoms with Gasteiger partial charge in [0.05, 0.1) is 23.4 Å². The fourth-order valence-electron chi connectivity index (χ4n) is 1.77. The molecule has 0 saturated carbocycles. The molecular formula is C14H16IN3O2. The van der Waals surface area contributed by atoms with Crippen molar-refractivity contribution in [1.82, 2.24) is 9.97 Å². The van der Waals surface area contributed by atoms with E-state index in [1.165, 1.54) is 0 Å². The Hall–Kier alpha value is -1.57. The number of rotatable bonds is 5. The number of nitrogens with zero attached hydrogens (tertiary/aromatic N) is 2. The Kier molecular flexibility index (Phi) is 4.99. The van der Waals surface area contributed by atoms with Crippen molar-refractivity contribution in [3.05, 3.63) is 28.0 Å². The number of halogens is 1. The smallest absolute Gasteiger partial charge is 0.165 e. The van der Waals surface area contributed by atoms with Crippen molar-refractivity contribution in [2.45, 2.75) is 6.92 Å². The Morgan fingerprint density at radius 1 is 1.25 bits per heavy atom. The highest BCUT2D eigenvalue weighted by molar-refractivity contribution is 14.1. The van der Waals surface area contributed by atoms with E-state index >= 15 is 0 Å². The van der Waals surface area contributed by atoms with Crippen molar-refractivity contribution in [2.75, 3.05) is 26.1 Å². The molecule has 0 atom stereocenters. The number of benzene rings is 1. The van der Waals surface area contributed by atoms with Crippen LogP contribution in [0.5, 0.6) is 11.5 Å². The van der Waals surface area contributed by atoms with E-state index in [2.05, 4.69) is 37.9 Å². The number of hydrogen-bond acceptors (Lipinski definition) is 5. The van der Waals surface area contributed by atoms with E-state index in [-0.39, 0.29) is 0 Å². The lowest BCUT2D eigenvalue weighted by atomic mass is 10.1. The van der Waals surface area contributed by atoms with Gasteiger partial charge in [0.1, 0.15) is 17.3 Å². The largest absolute Gasteiger partial charge is 0.497 e. The van der Waals surface area contributed by atoms with E-state index in [1.54, 1.807) is 20.4 Å². The van der Waals surface area contributed by atoms with Gasteiger partial charge in [0.15, 0.2) is 5.82 Å². The first-order valence-electron chi connectivity index (χ1n) is 6.18. The highest BCUT2D eigenvalue weighted by Gasteiger charge is 2.12. The number of aromatic nitrogens is 2. The molecule has 106 valence electrons. The second kappa shape index (κ2) is 6.74. The summed E-state index contributed by atoms with van der Waals surface area (Å²) in [5.74, 6) is 2.88. The molecule has 0 bridgehead atoms. The Balaban J connectivity index is 2.48. The van der Waals surface area contributed by atoms with Crippen LogP contribution >= 0.6 is 22.6 Å². The first-order valence-corrected chi connectivity index (χ1v) is 7.26. The first kappa shape index (κ1) is 14.8. The average molecular weight is 385 g/mol. The quantitative estimate of drug-likeness (QED) is 0.802. The fourth-order valence-corrected chi connectivity index (χ4v) is 2.22. The maximum atomic E-state index is 5.39. The first-order chi connectivity index (χ1) is 9.69. The second-order valence-corrected chi connectivity index (χ2v) is 5.15. The summed E-state index contributed by atoms with van der Waals surface area (Å²) in [6, 6.07) is 5.59. The number of nitrogens with one attached hydrogen (secondary N) is 1. The maximum absolute atomic E-state index is 5.39. The molecule has 2 aromatic rings. The zero-order valence-corrected chi connectivity index (χ0v) is 13.8. The summed E-state index contributed by atoms with van der Waals surface area (Å²) in [4.78, 5) is 8.92. The van der Waals surface area contributed by atoms with Crippen molar-refractivity contribution in [3.8, 4) is 22.9 Å². The summed E-state index contributed by atoms with van der Waals surface area (Å²) in [6.45, 7) is 2.85. The van der Waals surface area contributed by atoms with Crippen LogP contribution < -0.4 is 14.8 Å². The van der Waals surface area contributed by atoms with Crippen LogP contribution in [0, 0.1) is 3.57 Å². The summed E-state index contributed by atoms with van der Waals surface area (Å²) in [5, 5.41) is 3.22. The van der Waals surface area contributed by atoms with Crippen molar-refractivity contribution in [2.24, 2.45) is 0 Å². The van der Waals surface area contributed by atoms with E-state index in [0.717, 1.165) is 27.2 Å². The Morgan fingerprint density at radius 2 is 2.05 bits per heavy atom. The third kappa shape index (κ3) is 3.12. The molecule has 6 heteroatoms. The third-order valence-electron chi connectivity index (χ3n) is 2.74. The van der Waals surface area contributed by atoms with Gasteiger partial charge in [-0.15, -0.1) is 0 Å². The molecule has 0 fully saturated rings. The molecule has 1 aromatic heterocycles. The summed E-state index contributed by atoms with van der Waals surface area (Å²) in [6.07, 6.45) is 1.80. The van der Waals surface area contributed by atoms with Crippen LogP contribution in [0.3, 0.4) is 0 Å². The molecule has 1 N–H and O–H groups in total. The lowest BCUT2D eigenvalue weighted by Gasteiger charge is -2.11. The normalized spacial score (nSPS) is 10.2. The maximum Gasteiger partial charge on any atom is 0.165 e. The zero-order chi connectivity index (χ0) is 14.5. The van der Waals surface area contributed by atoms with E-state index in [9.17, 15) is 0 Å². The molecule has 1 heterocycles. The van der Waals surface area contributed by atoms with Crippen LogP contribution in [0.25, 0.3) is 11.4 Å². The molecule has 0 saturated heterocycles. The van der Waals surface area contributed by atoms with Crippen molar-refractivity contribution < 1.29 is 9.47 Å². The lowest BCUT2D eigenvalue weighted by Crippen LogP contribution is -2.04. The van der Waals surface area contributed by atoms with Gasteiger partial charge in [-0.2, -0.15) is 0 Å². The van der Waals surface area contributed by atoms with Gasteiger partial charge < -0.3 is 14.8 Å². The highest BCUT2D eigenvalue weighted by atomic mass is 127. The molecule has 0 aliphatic heterocycles. The molecule has 5 nitrogen and oxygen atoms in total. The van der Waals surface area contributed by atoms with E-state index in [4.69, 9.17) is 9.47 Å². The van der Waals surface area contributed by atoms with Crippen LogP contribution in [-0.2, 0) is 0 Å². The number of hydrogen-bond donors (Lipinski definition) is 1. The molecule has 0 aliphatic carbocycles. The number of ether oxygens (including phenoxy) is 2. The average Bonchev–Trinajstić information content (AvgIpc) is 2.49. The Bertz CT molecular complexity index is 605. The van der Waals surface area contributed by atoms with Gasteiger partial charge in [0, 0.05) is 18.8 Å². The standard InChI is InChI=1S/C14H16IN3O2/c1-4-16-14-11(15)8-17-13(18-14)10-6-5-9(19-2)7-12(10)20-3/h5-8H,4H2,1-3H3,(H,16,17,18). The van der Waals surface area contributed by atoms with Gasteiger partial charge in [0.25, 0.3) is 0 Å². The van der Waals surface area contributed by atoms with Crippen LogP contribution in [0.1, 0.15) is 6.92 Å². The highest BCUT2D eigenvalue weighted by Crippen LogP contribution is 2.32. The van der Waals surface area contributed by atoms with Crippen molar-refractivity contribution >= 4 is 28.4 Å². The van der Waals surface area contributed by atoms with Gasteiger partial charge in [-0.1, -0.05) is 0 Å². The molecule has 2 rings (SSSR count). The lowest BCUT2D eigenvalue weighted by molar-refractivity contribution is 0.395. The van der Waals surface area contributed by atoms with Crippen molar-refractivity contribution in [3.63, 3.8) is 0 Å².